The van der Waals surface area contributed by atoms with Crippen LogP contribution in [-0.4, -0.2) is 26.6 Å². The quantitative estimate of drug-likeness (QED) is 0.214. The molecule has 1 N–H and O–H groups in total. The Labute approximate surface area is 223 Å². The van der Waals surface area contributed by atoms with Crippen LogP contribution in [0.1, 0.15) is 35.3 Å². The molecule has 8 heteroatoms. The van der Waals surface area contributed by atoms with Gasteiger partial charge in [-0.1, -0.05) is 60.7 Å². The number of nitrogens with one attached hydrogen (secondary N) is 1. The van der Waals surface area contributed by atoms with Gasteiger partial charge in [-0.05, 0) is 73.5 Å². The van der Waals surface area contributed by atoms with Gasteiger partial charge in [0.05, 0.1) is 35.0 Å². The number of benzene rings is 4. The Hall–Kier alpha value is -4.43. The zero-order chi connectivity index (χ0) is 27.0. The van der Waals surface area contributed by atoms with Gasteiger partial charge in [-0.15, -0.1) is 0 Å². The maximum absolute atomic E-state index is 13.8. The molecular formula is C30H29N3O4S. The molecule has 1 amide bonds. The summed E-state index contributed by atoms with van der Waals surface area (Å²) in [5.41, 5.74) is 5.22. The van der Waals surface area contributed by atoms with Crippen molar-refractivity contribution < 1.29 is 17.9 Å². The molecule has 0 aliphatic rings. The molecule has 0 saturated carbocycles. The van der Waals surface area contributed by atoms with E-state index in [1.54, 1.807) is 61.5 Å². The number of anilines is 1. The molecule has 0 aromatic heterocycles. The predicted molar refractivity (Wildman–Crippen MR) is 150 cm³/mol. The summed E-state index contributed by atoms with van der Waals surface area (Å²) in [4.78, 5) is 13.4. The fourth-order valence-corrected chi connectivity index (χ4v) is 5.36. The third kappa shape index (κ3) is 6.27. The van der Waals surface area contributed by atoms with Crippen LogP contribution < -0.4 is 14.5 Å². The highest BCUT2D eigenvalue weighted by Gasteiger charge is 2.28. The number of amides is 1. The minimum atomic E-state index is -3.99. The van der Waals surface area contributed by atoms with Crippen LogP contribution in [0.5, 0.6) is 5.75 Å². The third-order valence-corrected chi connectivity index (χ3v) is 7.60. The summed E-state index contributed by atoms with van der Waals surface area (Å²) in [5, 5.41) is 4.26. The van der Waals surface area contributed by atoms with E-state index >= 15 is 0 Å². The lowest BCUT2D eigenvalue weighted by Crippen LogP contribution is -2.33. The third-order valence-electron chi connectivity index (χ3n) is 5.83. The fraction of sp³-hybridized carbons (Fsp3) is 0.133. The van der Waals surface area contributed by atoms with E-state index in [1.165, 1.54) is 4.31 Å². The van der Waals surface area contributed by atoms with E-state index in [0.29, 0.717) is 12.3 Å². The highest BCUT2D eigenvalue weighted by Crippen LogP contribution is 2.29. The van der Waals surface area contributed by atoms with E-state index in [1.807, 2.05) is 61.5 Å². The first-order valence-electron chi connectivity index (χ1n) is 12.2. The molecule has 4 rings (SSSR count). The van der Waals surface area contributed by atoms with Crippen LogP contribution in [-0.2, 0) is 16.6 Å². The molecule has 0 bridgehead atoms. The topological polar surface area (TPSA) is 88.1 Å². The second-order valence-corrected chi connectivity index (χ2v) is 10.3. The molecule has 194 valence electrons. The smallest absolute Gasteiger partial charge is 0.273 e. The lowest BCUT2D eigenvalue weighted by molar-refractivity contribution is 0.0955. The van der Waals surface area contributed by atoms with E-state index in [0.717, 1.165) is 16.9 Å². The monoisotopic (exact) mass is 527 g/mol. The molecule has 0 fully saturated rings. The number of hydrogen-bond acceptors (Lipinski definition) is 5. The van der Waals surface area contributed by atoms with E-state index in [4.69, 9.17) is 4.74 Å². The van der Waals surface area contributed by atoms with Crippen molar-refractivity contribution >= 4 is 27.3 Å². The fourth-order valence-electron chi connectivity index (χ4n) is 3.87. The first-order valence-corrected chi connectivity index (χ1v) is 13.6. The second kappa shape index (κ2) is 12.2. The summed E-state index contributed by atoms with van der Waals surface area (Å²) in [5.74, 6) is 0.229. The zero-order valence-corrected chi connectivity index (χ0v) is 22.1. The number of sulfonamides is 1. The van der Waals surface area contributed by atoms with E-state index in [-0.39, 0.29) is 22.7 Å². The number of ether oxygens (including phenoxy) is 1. The first kappa shape index (κ1) is 26.6. The predicted octanol–water partition coefficient (Wildman–Crippen LogP) is 5.63. The second-order valence-electron chi connectivity index (χ2n) is 8.42. The molecule has 0 heterocycles. The van der Waals surface area contributed by atoms with Crippen LogP contribution in [0.4, 0.5) is 5.69 Å². The number of hydrazone groups is 1. The Morgan fingerprint density at radius 2 is 1.45 bits per heavy atom. The van der Waals surface area contributed by atoms with Gasteiger partial charge in [0.2, 0.25) is 0 Å². The number of carbonyl (C=O) groups is 1. The molecular weight excluding hydrogens is 498 g/mol. The molecule has 7 nitrogen and oxygen atoms in total. The summed E-state index contributed by atoms with van der Waals surface area (Å²) in [6.45, 7) is 4.32. The van der Waals surface area contributed by atoms with Gasteiger partial charge < -0.3 is 4.74 Å². The zero-order valence-electron chi connectivity index (χ0n) is 21.2. The Kier molecular flexibility index (Phi) is 8.55. The number of hydrogen-bond donors (Lipinski definition) is 1. The summed E-state index contributed by atoms with van der Waals surface area (Å²) < 4.78 is 34.3. The summed E-state index contributed by atoms with van der Waals surface area (Å²) in [7, 11) is -3.99. The van der Waals surface area contributed by atoms with E-state index in [2.05, 4.69) is 10.5 Å². The van der Waals surface area contributed by atoms with Crippen LogP contribution in [0.2, 0.25) is 0 Å². The van der Waals surface area contributed by atoms with Crippen molar-refractivity contribution in [2.75, 3.05) is 10.9 Å². The molecule has 0 radical (unpaired) electrons. The van der Waals surface area contributed by atoms with Gasteiger partial charge in [-0.2, -0.15) is 5.10 Å². The van der Waals surface area contributed by atoms with Crippen molar-refractivity contribution in [3.8, 4) is 5.75 Å². The molecule has 4 aromatic carbocycles. The van der Waals surface area contributed by atoms with E-state index in [9.17, 15) is 13.2 Å². The molecule has 4 aromatic rings. The lowest BCUT2D eigenvalue weighted by atomic mass is 10.1. The summed E-state index contributed by atoms with van der Waals surface area (Å²) in [6.07, 6.45) is 0. The maximum Gasteiger partial charge on any atom is 0.273 e. The normalized spacial score (nSPS) is 11.6. The lowest BCUT2D eigenvalue weighted by Gasteiger charge is -2.26. The Morgan fingerprint density at radius 1 is 0.842 bits per heavy atom. The molecule has 0 unspecified atom stereocenters. The average molecular weight is 528 g/mol. The molecule has 0 atom stereocenters. The largest absolute Gasteiger partial charge is 0.494 e. The van der Waals surface area contributed by atoms with Gasteiger partial charge in [-0.3, -0.25) is 9.10 Å². The Morgan fingerprint density at radius 3 is 2.11 bits per heavy atom. The SMILES string of the molecule is CCOc1ccc(/C(C)=N\NC(=O)c2ccccc2N(Cc2ccccc2)S(=O)(=O)c2ccccc2)cc1. The number of para-hydroxylation sites is 1. The summed E-state index contributed by atoms with van der Waals surface area (Å²) >= 11 is 0. The first-order chi connectivity index (χ1) is 18.4. The van der Waals surface area contributed by atoms with Crippen LogP contribution >= 0.6 is 0 Å². The van der Waals surface area contributed by atoms with Crippen molar-refractivity contribution in [1.82, 2.24) is 5.43 Å². The molecule has 0 saturated heterocycles. The van der Waals surface area contributed by atoms with Gasteiger partial charge in [-0.25, -0.2) is 13.8 Å². The molecule has 0 aliphatic heterocycles. The maximum atomic E-state index is 13.8. The summed E-state index contributed by atoms with van der Waals surface area (Å²) in [6, 6.07) is 31.4. The van der Waals surface area contributed by atoms with Gasteiger partial charge in [0.25, 0.3) is 15.9 Å². The highest BCUT2D eigenvalue weighted by molar-refractivity contribution is 7.92. The number of rotatable bonds is 10. The van der Waals surface area contributed by atoms with E-state index < -0.39 is 15.9 Å². The van der Waals surface area contributed by atoms with Gasteiger partial charge >= 0.3 is 0 Å². The number of carbonyl (C=O) groups excluding carboxylic acids is 1. The van der Waals surface area contributed by atoms with Crippen molar-refractivity contribution in [2.24, 2.45) is 5.10 Å². The van der Waals surface area contributed by atoms with Crippen molar-refractivity contribution in [1.29, 1.82) is 0 Å². The number of nitrogens with zero attached hydrogens (tertiary/aromatic N) is 2. The van der Waals surface area contributed by atoms with Crippen LogP contribution in [0.25, 0.3) is 0 Å². The molecule has 38 heavy (non-hydrogen) atoms. The minimum absolute atomic E-state index is 0.0524. The van der Waals surface area contributed by atoms with Crippen LogP contribution in [0, 0.1) is 0 Å². The Bertz CT molecular complexity index is 1500. The molecule has 0 aliphatic carbocycles. The van der Waals surface area contributed by atoms with Gasteiger partial charge in [0.1, 0.15) is 5.75 Å². The molecule has 0 spiro atoms. The van der Waals surface area contributed by atoms with Gasteiger partial charge in [0.15, 0.2) is 0 Å². The average Bonchev–Trinajstić information content (AvgIpc) is 2.96. The van der Waals surface area contributed by atoms with Crippen LogP contribution in [0.15, 0.2) is 119 Å². The van der Waals surface area contributed by atoms with Crippen molar-refractivity contribution in [2.45, 2.75) is 25.3 Å². The minimum Gasteiger partial charge on any atom is -0.494 e. The highest BCUT2D eigenvalue weighted by atomic mass is 32.2. The van der Waals surface area contributed by atoms with Crippen molar-refractivity contribution in [3.63, 3.8) is 0 Å². The van der Waals surface area contributed by atoms with Crippen LogP contribution in [0.3, 0.4) is 0 Å². The Balaban J connectivity index is 1.66. The van der Waals surface area contributed by atoms with Crippen molar-refractivity contribution in [3.05, 3.63) is 126 Å². The standard InChI is InChI=1S/C30H29N3O4S/c1-3-37-26-20-18-25(19-21-26)23(2)31-32-30(34)28-16-10-11-17-29(28)33(22-24-12-6-4-7-13-24)38(35,36)27-14-8-5-9-15-27/h4-21H,3,22H2,1-2H3,(H,32,34)/b31-23-. The van der Waals surface area contributed by atoms with Gasteiger partial charge in [0, 0.05) is 0 Å².